The molecule has 7 heteroatoms. The molecule has 2 N–H and O–H groups in total. The SMILES string of the molecule is CN1C(=O)NC(c2ccc(NC(=O)OCc3ccccc3)cc2)C1=O. The second-order valence-corrected chi connectivity index (χ2v) is 5.59. The molecule has 0 aliphatic carbocycles. The molecule has 0 aromatic heterocycles. The number of likely N-dealkylation sites (N-methyl/N-ethyl adjacent to an activating group) is 1. The van der Waals surface area contributed by atoms with Crippen molar-refractivity contribution in [3.63, 3.8) is 0 Å². The number of ether oxygens (including phenoxy) is 1. The van der Waals surface area contributed by atoms with Crippen molar-refractivity contribution in [2.24, 2.45) is 0 Å². The van der Waals surface area contributed by atoms with E-state index in [1.54, 1.807) is 24.3 Å². The molecule has 0 saturated carbocycles. The van der Waals surface area contributed by atoms with Gasteiger partial charge in [0.25, 0.3) is 5.91 Å². The molecule has 1 fully saturated rings. The Labute approximate surface area is 144 Å². The molecule has 1 unspecified atom stereocenters. The first-order chi connectivity index (χ1) is 12.0. The van der Waals surface area contributed by atoms with Crippen molar-refractivity contribution in [2.75, 3.05) is 12.4 Å². The quantitative estimate of drug-likeness (QED) is 0.838. The molecule has 0 spiro atoms. The lowest BCUT2D eigenvalue weighted by Crippen LogP contribution is -2.25. The van der Waals surface area contributed by atoms with Crippen LogP contribution < -0.4 is 10.6 Å². The Hall–Kier alpha value is -3.35. The average Bonchev–Trinajstić information content (AvgIpc) is 2.89. The van der Waals surface area contributed by atoms with E-state index in [0.29, 0.717) is 11.3 Å². The molecule has 4 amide bonds. The van der Waals surface area contributed by atoms with Gasteiger partial charge in [0.05, 0.1) is 0 Å². The molecule has 2 aromatic rings. The van der Waals surface area contributed by atoms with Crippen molar-refractivity contribution >= 4 is 23.7 Å². The standard InChI is InChI=1S/C18H17N3O4/c1-21-16(22)15(20-17(21)23)13-7-9-14(10-8-13)19-18(24)25-11-12-5-3-2-4-6-12/h2-10,15H,11H2,1H3,(H,19,24)(H,20,23). The number of nitrogens with one attached hydrogen (secondary N) is 2. The van der Waals surface area contributed by atoms with E-state index in [2.05, 4.69) is 10.6 Å². The minimum absolute atomic E-state index is 0.180. The van der Waals surface area contributed by atoms with Gasteiger partial charge < -0.3 is 10.1 Å². The molecule has 128 valence electrons. The summed E-state index contributed by atoms with van der Waals surface area (Å²) >= 11 is 0. The molecule has 3 rings (SSSR count). The summed E-state index contributed by atoms with van der Waals surface area (Å²) in [7, 11) is 1.43. The van der Waals surface area contributed by atoms with Crippen LogP contribution in [0.5, 0.6) is 0 Å². The topological polar surface area (TPSA) is 87.7 Å². The van der Waals surface area contributed by atoms with Crippen LogP contribution in [-0.2, 0) is 16.1 Å². The van der Waals surface area contributed by atoms with Gasteiger partial charge in [-0.25, -0.2) is 9.59 Å². The third kappa shape index (κ3) is 3.77. The lowest BCUT2D eigenvalue weighted by molar-refractivity contribution is -0.126. The zero-order valence-electron chi connectivity index (χ0n) is 13.6. The van der Waals surface area contributed by atoms with E-state index in [4.69, 9.17) is 4.74 Å². The van der Waals surface area contributed by atoms with Crippen LogP contribution in [0.1, 0.15) is 17.2 Å². The number of rotatable bonds is 4. The second kappa shape index (κ2) is 7.04. The highest BCUT2D eigenvalue weighted by molar-refractivity contribution is 6.04. The number of hydrogen-bond donors (Lipinski definition) is 2. The number of benzene rings is 2. The molecule has 25 heavy (non-hydrogen) atoms. The summed E-state index contributed by atoms with van der Waals surface area (Å²) in [6, 6.07) is 14.9. The van der Waals surface area contributed by atoms with Gasteiger partial charge in [0.1, 0.15) is 12.6 Å². The van der Waals surface area contributed by atoms with E-state index in [0.717, 1.165) is 10.5 Å². The predicted molar refractivity (Wildman–Crippen MR) is 90.7 cm³/mol. The van der Waals surface area contributed by atoms with Crippen LogP contribution in [0.3, 0.4) is 0 Å². The highest BCUT2D eigenvalue weighted by atomic mass is 16.5. The smallest absolute Gasteiger partial charge is 0.411 e. The monoisotopic (exact) mass is 339 g/mol. The number of carbonyl (C=O) groups is 3. The van der Waals surface area contributed by atoms with Crippen molar-refractivity contribution in [1.82, 2.24) is 10.2 Å². The summed E-state index contributed by atoms with van der Waals surface area (Å²) in [5, 5.41) is 5.21. The van der Waals surface area contributed by atoms with Crippen LogP contribution in [0.2, 0.25) is 0 Å². The number of amides is 4. The molecule has 0 radical (unpaired) electrons. The fourth-order valence-electron chi connectivity index (χ4n) is 2.44. The molecule has 7 nitrogen and oxygen atoms in total. The van der Waals surface area contributed by atoms with Gasteiger partial charge in [-0.3, -0.25) is 15.0 Å². The van der Waals surface area contributed by atoms with E-state index in [-0.39, 0.29) is 12.5 Å². The third-order valence-electron chi connectivity index (χ3n) is 3.85. The van der Waals surface area contributed by atoms with Gasteiger partial charge in [-0.15, -0.1) is 0 Å². The van der Waals surface area contributed by atoms with E-state index < -0.39 is 18.2 Å². The number of imide groups is 1. The maximum Gasteiger partial charge on any atom is 0.411 e. The normalized spacial score (nSPS) is 16.5. The Bertz CT molecular complexity index is 790. The minimum Gasteiger partial charge on any atom is -0.444 e. The maximum absolute atomic E-state index is 12.0. The van der Waals surface area contributed by atoms with Gasteiger partial charge >= 0.3 is 12.1 Å². The first-order valence-electron chi connectivity index (χ1n) is 7.70. The third-order valence-corrected chi connectivity index (χ3v) is 3.85. The van der Waals surface area contributed by atoms with Crippen LogP contribution in [0.4, 0.5) is 15.3 Å². The van der Waals surface area contributed by atoms with E-state index in [1.165, 1.54) is 7.05 Å². The van der Waals surface area contributed by atoms with Crippen LogP contribution in [0.25, 0.3) is 0 Å². The summed E-state index contributed by atoms with van der Waals surface area (Å²) in [5.41, 5.74) is 2.07. The van der Waals surface area contributed by atoms with Crippen molar-refractivity contribution in [1.29, 1.82) is 0 Å². The first-order valence-corrected chi connectivity index (χ1v) is 7.70. The summed E-state index contributed by atoms with van der Waals surface area (Å²) in [4.78, 5) is 36.3. The number of nitrogens with zero attached hydrogens (tertiary/aromatic N) is 1. The second-order valence-electron chi connectivity index (χ2n) is 5.59. The summed E-state index contributed by atoms with van der Waals surface area (Å²) in [5.74, 6) is -0.312. The fourth-order valence-corrected chi connectivity index (χ4v) is 2.44. The van der Waals surface area contributed by atoms with Gasteiger partial charge in [-0.05, 0) is 23.3 Å². The van der Waals surface area contributed by atoms with Crippen molar-refractivity contribution < 1.29 is 19.1 Å². The van der Waals surface area contributed by atoms with Crippen LogP contribution in [0, 0.1) is 0 Å². The maximum atomic E-state index is 12.0. The van der Waals surface area contributed by atoms with Gasteiger partial charge in [-0.1, -0.05) is 42.5 Å². The largest absolute Gasteiger partial charge is 0.444 e. The Balaban J connectivity index is 1.56. The Morgan fingerprint density at radius 1 is 1.12 bits per heavy atom. The summed E-state index contributed by atoms with van der Waals surface area (Å²) < 4.78 is 5.14. The molecule has 1 aliphatic heterocycles. The van der Waals surface area contributed by atoms with Crippen LogP contribution in [0.15, 0.2) is 54.6 Å². The first kappa shape index (κ1) is 16.5. The minimum atomic E-state index is -0.698. The van der Waals surface area contributed by atoms with Crippen molar-refractivity contribution in [3.05, 3.63) is 65.7 Å². The van der Waals surface area contributed by atoms with Gasteiger partial charge in [-0.2, -0.15) is 0 Å². The molecular formula is C18H17N3O4. The summed E-state index contributed by atoms with van der Waals surface area (Å²) in [6.45, 7) is 0.180. The molecule has 1 atom stereocenters. The molecule has 2 aromatic carbocycles. The lowest BCUT2D eigenvalue weighted by Gasteiger charge is -2.10. The molecule has 1 aliphatic rings. The Morgan fingerprint density at radius 3 is 2.40 bits per heavy atom. The average molecular weight is 339 g/mol. The lowest BCUT2D eigenvalue weighted by atomic mass is 10.1. The number of carbonyl (C=O) groups excluding carboxylic acids is 3. The summed E-state index contributed by atoms with van der Waals surface area (Å²) in [6.07, 6.45) is -0.568. The highest BCUT2D eigenvalue weighted by Crippen LogP contribution is 2.22. The van der Waals surface area contributed by atoms with Gasteiger partial charge in [0.15, 0.2) is 0 Å². The van der Waals surface area contributed by atoms with Crippen molar-refractivity contribution in [3.8, 4) is 0 Å². The van der Waals surface area contributed by atoms with E-state index >= 15 is 0 Å². The van der Waals surface area contributed by atoms with E-state index in [1.807, 2.05) is 30.3 Å². The van der Waals surface area contributed by atoms with E-state index in [9.17, 15) is 14.4 Å². The molecular weight excluding hydrogens is 322 g/mol. The zero-order valence-corrected chi connectivity index (χ0v) is 13.6. The van der Waals surface area contributed by atoms with Crippen LogP contribution in [-0.4, -0.2) is 30.0 Å². The number of anilines is 1. The van der Waals surface area contributed by atoms with Gasteiger partial charge in [0.2, 0.25) is 0 Å². The fraction of sp³-hybridized carbons (Fsp3) is 0.167. The van der Waals surface area contributed by atoms with Crippen molar-refractivity contribution in [2.45, 2.75) is 12.6 Å². The molecule has 0 bridgehead atoms. The number of hydrogen-bond acceptors (Lipinski definition) is 4. The molecule has 1 saturated heterocycles. The number of urea groups is 1. The Kier molecular flexibility index (Phi) is 4.65. The van der Waals surface area contributed by atoms with Crippen LogP contribution >= 0.6 is 0 Å². The predicted octanol–water partition coefficient (Wildman–Crippen LogP) is 2.66. The Morgan fingerprint density at radius 2 is 1.80 bits per heavy atom. The molecule has 1 heterocycles. The van der Waals surface area contributed by atoms with Gasteiger partial charge in [0, 0.05) is 12.7 Å². The zero-order chi connectivity index (χ0) is 17.8. The highest BCUT2D eigenvalue weighted by Gasteiger charge is 2.36.